The van der Waals surface area contributed by atoms with Crippen LogP contribution in [0.3, 0.4) is 0 Å². The first-order chi connectivity index (χ1) is 16.9. The van der Waals surface area contributed by atoms with Gasteiger partial charge in [-0.2, -0.15) is 4.68 Å². The number of carbonyl (C=O) groups is 1. The maximum Gasteiger partial charge on any atom is 0.337 e. The highest BCUT2D eigenvalue weighted by Crippen LogP contribution is 2.33. The first-order valence-electron chi connectivity index (χ1n) is 10.6. The number of hydrogen-bond acceptors (Lipinski definition) is 5. The molecule has 0 radical (unpaired) electrons. The number of hydrogen-bond donors (Lipinski definition) is 0. The van der Waals surface area contributed by atoms with Crippen molar-refractivity contribution < 1.29 is 13.9 Å². The Labute approximate surface area is 204 Å². The molecule has 2 aromatic heterocycles. The van der Waals surface area contributed by atoms with Gasteiger partial charge in [0.1, 0.15) is 11.6 Å². The zero-order valence-electron chi connectivity index (χ0n) is 18.7. The Bertz CT molecular complexity index is 1680. The largest absolute Gasteiger partial charge is 0.465 e. The van der Waals surface area contributed by atoms with E-state index >= 15 is 0 Å². The van der Waals surface area contributed by atoms with E-state index in [0.717, 1.165) is 5.56 Å². The van der Waals surface area contributed by atoms with Gasteiger partial charge in [-0.25, -0.2) is 14.2 Å². The highest BCUT2D eigenvalue weighted by Gasteiger charge is 2.20. The second kappa shape index (κ2) is 8.81. The molecular weight excluding hydrogens is 471 g/mol. The standard InChI is InChI=1S/C26H18ClFN4O3/c1-15-5-3-4-6-21(15)32-24(33)12-11-23(30-32)31-22-10-7-16(26(34)35-2)13-20(22)29-25(31)18-9-8-17(28)14-19(18)27/h3-14H,1-2H3. The topological polar surface area (TPSA) is 79.0 Å². The van der Waals surface area contributed by atoms with Crippen LogP contribution >= 0.6 is 11.6 Å². The maximum atomic E-state index is 13.8. The first-order valence-corrected chi connectivity index (χ1v) is 11.0. The monoisotopic (exact) mass is 488 g/mol. The molecule has 0 spiro atoms. The van der Waals surface area contributed by atoms with Crippen molar-refractivity contribution in [2.45, 2.75) is 6.92 Å². The van der Waals surface area contributed by atoms with E-state index in [-0.39, 0.29) is 10.6 Å². The summed E-state index contributed by atoms with van der Waals surface area (Å²) >= 11 is 6.39. The third-order valence-corrected chi connectivity index (χ3v) is 5.92. The lowest BCUT2D eigenvalue weighted by molar-refractivity contribution is 0.0601. The van der Waals surface area contributed by atoms with Gasteiger partial charge in [-0.15, -0.1) is 5.10 Å². The quantitative estimate of drug-likeness (QED) is 0.328. The number of imidazole rings is 1. The van der Waals surface area contributed by atoms with Crippen LogP contribution in [0.2, 0.25) is 5.02 Å². The third-order valence-electron chi connectivity index (χ3n) is 5.61. The predicted molar refractivity (Wildman–Crippen MR) is 131 cm³/mol. The van der Waals surface area contributed by atoms with Gasteiger partial charge >= 0.3 is 5.97 Å². The average molecular weight is 489 g/mol. The molecule has 0 unspecified atom stereocenters. The van der Waals surface area contributed by atoms with Gasteiger partial charge < -0.3 is 4.74 Å². The molecule has 174 valence electrons. The fraction of sp³-hybridized carbons (Fsp3) is 0.0769. The lowest BCUT2D eigenvalue weighted by Gasteiger charge is -2.13. The zero-order chi connectivity index (χ0) is 24.7. The summed E-state index contributed by atoms with van der Waals surface area (Å²) in [5, 5.41) is 4.78. The molecule has 0 atom stereocenters. The molecule has 0 aliphatic carbocycles. The summed E-state index contributed by atoms with van der Waals surface area (Å²) in [5.41, 5.74) is 3.06. The van der Waals surface area contributed by atoms with Crippen molar-refractivity contribution in [3.8, 4) is 22.9 Å². The molecule has 0 saturated heterocycles. The van der Waals surface area contributed by atoms with Crippen LogP contribution in [0.5, 0.6) is 0 Å². The van der Waals surface area contributed by atoms with Crippen LogP contribution in [0.4, 0.5) is 4.39 Å². The van der Waals surface area contributed by atoms with Crippen LogP contribution in [0.15, 0.2) is 77.6 Å². The number of fused-ring (bicyclic) bond motifs is 1. The van der Waals surface area contributed by atoms with E-state index in [1.807, 2.05) is 25.1 Å². The van der Waals surface area contributed by atoms with Crippen molar-refractivity contribution in [1.29, 1.82) is 0 Å². The van der Waals surface area contributed by atoms with E-state index in [2.05, 4.69) is 5.10 Å². The van der Waals surface area contributed by atoms with E-state index in [1.54, 1.807) is 34.9 Å². The molecule has 2 heterocycles. The number of rotatable bonds is 4. The third kappa shape index (κ3) is 3.98. The van der Waals surface area contributed by atoms with Crippen molar-refractivity contribution in [2.24, 2.45) is 0 Å². The fourth-order valence-electron chi connectivity index (χ4n) is 3.90. The molecule has 0 aliphatic rings. The molecule has 7 nitrogen and oxygen atoms in total. The van der Waals surface area contributed by atoms with Crippen LogP contribution in [-0.2, 0) is 4.74 Å². The number of esters is 1. The minimum Gasteiger partial charge on any atom is -0.465 e. The Morgan fingerprint density at radius 3 is 2.57 bits per heavy atom. The predicted octanol–water partition coefficient (Wildman–Crippen LogP) is 5.13. The molecule has 5 aromatic rings. The second-order valence-corrected chi connectivity index (χ2v) is 8.23. The molecule has 0 saturated carbocycles. The van der Waals surface area contributed by atoms with Gasteiger partial charge in [0.05, 0.1) is 34.4 Å². The van der Waals surface area contributed by atoms with Crippen LogP contribution < -0.4 is 5.56 Å². The molecule has 0 amide bonds. The Morgan fingerprint density at radius 1 is 1.03 bits per heavy atom. The summed E-state index contributed by atoms with van der Waals surface area (Å²) in [6, 6.07) is 19.3. The Morgan fingerprint density at radius 2 is 1.83 bits per heavy atom. The molecule has 5 rings (SSSR count). The van der Waals surface area contributed by atoms with Crippen molar-refractivity contribution in [2.75, 3.05) is 7.11 Å². The van der Waals surface area contributed by atoms with Crippen molar-refractivity contribution in [3.63, 3.8) is 0 Å². The number of carbonyl (C=O) groups excluding carboxylic acids is 1. The average Bonchev–Trinajstić information content (AvgIpc) is 3.22. The van der Waals surface area contributed by atoms with Crippen molar-refractivity contribution >= 4 is 28.6 Å². The van der Waals surface area contributed by atoms with Gasteiger partial charge in [0, 0.05) is 11.6 Å². The highest BCUT2D eigenvalue weighted by molar-refractivity contribution is 6.33. The Balaban J connectivity index is 1.81. The zero-order valence-corrected chi connectivity index (χ0v) is 19.5. The lowest BCUT2D eigenvalue weighted by Crippen LogP contribution is -2.22. The van der Waals surface area contributed by atoms with Crippen molar-refractivity contribution in [3.05, 3.63) is 105 Å². The maximum absolute atomic E-state index is 13.8. The van der Waals surface area contributed by atoms with E-state index in [0.29, 0.717) is 39.5 Å². The fourth-order valence-corrected chi connectivity index (χ4v) is 4.15. The van der Waals surface area contributed by atoms with Gasteiger partial charge in [0.25, 0.3) is 5.56 Å². The normalized spacial score (nSPS) is 11.1. The van der Waals surface area contributed by atoms with E-state index < -0.39 is 11.8 Å². The number of aromatic nitrogens is 4. The minimum absolute atomic E-state index is 0.155. The van der Waals surface area contributed by atoms with Crippen LogP contribution in [-0.4, -0.2) is 32.4 Å². The summed E-state index contributed by atoms with van der Waals surface area (Å²) in [4.78, 5) is 29.5. The minimum atomic E-state index is -0.506. The second-order valence-electron chi connectivity index (χ2n) is 7.82. The smallest absolute Gasteiger partial charge is 0.337 e. The molecule has 9 heteroatoms. The van der Waals surface area contributed by atoms with Gasteiger partial charge in [-0.1, -0.05) is 29.8 Å². The highest BCUT2D eigenvalue weighted by atomic mass is 35.5. The van der Waals surface area contributed by atoms with Gasteiger partial charge in [0.15, 0.2) is 5.82 Å². The molecule has 0 N–H and O–H groups in total. The molecule has 0 aliphatic heterocycles. The number of methoxy groups -OCH3 is 1. The SMILES string of the molecule is COC(=O)c1ccc2c(c1)nc(-c1ccc(F)cc1Cl)n2-c1ccc(=O)n(-c2ccccc2C)n1. The van der Waals surface area contributed by atoms with Gasteiger partial charge in [-0.05, 0) is 61.0 Å². The molecule has 3 aromatic carbocycles. The van der Waals surface area contributed by atoms with Crippen LogP contribution in [0, 0.1) is 12.7 Å². The number of ether oxygens (including phenoxy) is 1. The van der Waals surface area contributed by atoms with Gasteiger partial charge in [-0.3, -0.25) is 9.36 Å². The summed E-state index contributed by atoms with van der Waals surface area (Å²) in [7, 11) is 1.30. The first kappa shape index (κ1) is 22.5. The summed E-state index contributed by atoms with van der Waals surface area (Å²) in [6.45, 7) is 1.89. The van der Waals surface area contributed by atoms with Crippen LogP contribution in [0.25, 0.3) is 33.9 Å². The number of nitrogens with zero attached hydrogens (tertiary/aromatic N) is 4. The Hall–Kier alpha value is -4.30. The number of benzene rings is 3. The molecular formula is C26H18ClFN4O3. The van der Waals surface area contributed by atoms with E-state index in [1.165, 1.54) is 36.1 Å². The molecule has 0 bridgehead atoms. The summed E-state index contributed by atoms with van der Waals surface area (Å²) < 4.78 is 21.6. The number of halogens is 2. The van der Waals surface area contributed by atoms with E-state index in [9.17, 15) is 14.0 Å². The number of aryl methyl sites for hydroxylation is 1. The van der Waals surface area contributed by atoms with Crippen LogP contribution in [0.1, 0.15) is 15.9 Å². The number of para-hydroxylation sites is 1. The van der Waals surface area contributed by atoms with Gasteiger partial charge in [0.2, 0.25) is 0 Å². The lowest BCUT2D eigenvalue weighted by atomic mass is 10.2. The molecule has 0 fully saturated rings. The summed E-state index contributed by atoms with van der Waals surface area (Å²) in [5.74, 6) is -0.235. The molecule has 35 heavy (non-hydrogen) atoms. The van der Waals surface area contributed by atoms with Crippen molar-refractivity contribution in [1.82, 2.24) is 19.3 Å². The summed E-state index contributed by atoms with van der Waals surface area (Å²) in [6.07, 6.45) is 0. The van der Waals surface area contributed by atoms with E-state index in [4.69, 9.17) is 21.3 Å². The Kier molecular flexibility index (Phi) is 5.66.